The lowest BCUT2D eigenvalue weighted by Crippen LogP contribution is -2.27. The lowest BCUT2D eigenvalue weighted by molar-refractivity contribution is 0.179. The van der Waals surface area contributed by atoms with E-state index in [1.54, 1.807) is 7.11 Å². The van der Waals surface area contributed by atoms with Crippen molar-refractivity contribution in [2.45, 2.75) is 25.8 Å². The average molecular weight is 205 g/mol. The van der Waals surface area contributed by atoms with Crippen LogP contribution >= 0.6 is 0 Å². The molecule has 0 spiro atoms. The van der Waals surface area contributed by atoms with Crippen molar-refractivity contribution < 1.29 is 4.74 Å². The highest BCUT2D eigenvalue weighted by Gasteiger charge is 2.30. The molecule has 15 heavy (non-hydrogen) atoms. The number of hydrogen-bond acceptors (Lipinski definition) is 2. The van der Waals surface area contributed by atoms with Gasteiger partial charge in [-0.05, 0) is 37.8 Å². The first kappa shape index (κ1) is 10.5. The van der Waals surface area contributed by atoms with Gasteiger partial charge in [0.25, 0.3) is 0 Å². The number of aryl methyl sites for hydroxylation is 1. The van der Waals surface area contributed by atoms with Crippen molar-refractivity contribution in [3.05, 3.63) is 29.8 Å². The highest BCUT2D eigenvalue weighted by molar-refractivity contribution is 5.45. The van der Waals surface area contributed by atoms with E-state index in [9.17, 15) is 0 Å². The quantitative estimate of drug-likeness (QED) is 0.798. The third kappa shape index (κ3) is 2.96. The van der Waals surface area contributed by atoms with Gasteiger partial charge in [0.15, 0.2) is 0 Å². The second kappa shape index (κ2) is 4.67. The fraction of sp³-hybridized carbons (Fsp3) is 0.538. The molecule has 0 radical (unpaired) electrons. The summed E-state index contributed by atoms with van der Waals surface area (Å²) in [5.41, 5.74) is 2.50. The van der Waals surface area contributed by atoms with Gasteiger partial charge in [-0.3, -0.25) is 0 Å². The Kier molecular flexibility index (Phi) is 3.27. The SMILES string of the molecule is COCC(Nc1ccc(C)cc1)C1CC1. The smallest absolute Gasteiger partial charge is 0.0666 e. The van der Waals surface area contributed by atoms with Crippen LogP contribution in [0.3, 0.4) is 0 Å². The first-order chi connectivity index (χ1) is 7.29. The molecule has 0 amide bonds. The molecule has 1 unspecified atom stereocenters. The summed E-state index contributed by atoms with van der Waals surface area (Å²) in [6.07, 6.45) is 2.68. The third-order valence-corrected chi connectivity index (χ3v) is 2.94. The minimum absolute atomic E-state index is 0.484. The van der Waals surface area contributed by atoms with Crippen LogP contribution in [0.1, 0.15) is 18.4 Å². The van der Waals surface area contributed by atoms with Crippen molar-refractivity contribution in [3.63, 3.8) is 0 Å². The maximum atomic E-state index is 5.24. The van der Waals surface area contributed by atoms with Crippen molar-refractivity contribution in [2.24, 2.45) is 5.92 Å². The standard InChI is InChI=1S/C13H19NO/c1-10-3-7-12(8-4-10)14-13(9-15-2)11-5-6-11/h3-4,7-8,11,13-14H,5-6,9H2,1-2H3. The van der Waals surface area contributed by atoms with Crippen molar-refractivity contribution >= 4 is 5.69 Å². The molecule has 1 aromatic rings. The zero-order chi connectivity index (χ0) is 10.7. The number of benzene rings is 1. The Morgan fingerprint density at radius 1 is 1.33 bits per heavy atom. The summed E-state index contributed by atoms with van der Waals surface area (Å²) in [5, 5.41) is 3.54. The summed E-state index contributed by atoms with van der Waals surface area (Å²) in [6, 6.07) is 9.04. The van der Waals surface area contributed by atoms with Crippen LogP contribution in [-0.4, -0.2) is 19.8 Å². The highest BCUT2D eigenvalue weighted by Crippen LogP contribution is 2.34. The first-order valence-electron chi connectivity index (χ1n) is 5.62. The molecule has 1 N–H and O–H groups in total. The lowest BCUT2D eigenvalue weighted by atomic mass is 10.1. The largest absolute Gasteiger partial charge is 0.383 e. The number of ether oxygens (including phenoxy) is 1. The fourth-order valence-electron chi connectivity index (χ4n) is 1.84. The first-order valence-corrected chi connectivity index (χ1v) is 5.62. The van der Waals surface area contributed by atoms with Crippen LogP contribution in [0.2, 0.25) is 0 Å². The van der Waals surface area contributed by atoms with Crippen LogP contribution in [0, 0.1) is 12.8 Å². The molecule has 1 aliphatic carbocycles. The summed E-state index contributed by atoms with van der Waals surface area (Å²) in [7, 11) is 1.77. The normalized spacial score (nSPS) is 17.5. The summed E-state index contributed by atoms with van der Waals surface area (Å²) in [4.78, 5) is 0. The molecule has 82 valence electrons. The zero-order valence-corrected chi connectivity index (χ0v) is 9.49. The average Bonchev–Trinajstić information content (AvgIpc) is 3.04. The fourth-order valence-corrected chi connectivity index (χ4v) is 1.84. The van der Waals surface area contributed by atoms with E-state index >= 15 is 0 Å². The van der Waals surface area contributed by atoms with Gasteiger partial charge in [0.1, 0.15) is 0 Å². The Labute approximate surface area is 91.6 Å². The van der Waals surface area contributed by atoms with Crippen molar-refractivity contribution in [1.29, 1.82) is 0 Å². The van der Waals surface area contributed by atoms with Crippen molar-refractivity contribution in [1.82, 2.24) is 0 Å². The Morgan fingerprint density at radius 3 is 2.53 bits per heavy atom. The molecule has 0 aromatic heterocycles. The van der Waals surface area contributed by atoms with Crippen molar-refractivity contribution in [3.8, 4) is 0 Å². The van der Waals surface area contributed by atoms with Crippen LogP contribution in [-0.2, 0) is 4.74 Å². The van der Waals surface area contributed by atoms with Crippen LogP contribution in [0.15, 0.2) is 24.3 Å². The van der Waals surface area contributed by atoms with E-state index in [4.69, 9.17) is 4.74 Å². The van der Waals surface area contributed by atoms with E-state index in [1.165, 1.54) is 24.1 Å². The Morgan fingerprint density at radius 2 is 2.00 bits per heavy atom. The topological polar surface area (TPSA) is 21.3 Å². The molecular weight excluding hydrogens is 186 g/mol. The summed E-state index contributed by atoms with van der Waals surface area (Å²) in [5.74, 6) is 0.811. The van der Waals surface area contributed by atoms with Crippen LogP contribution in [0.5, 0.6) is 0 Å². The van der Waals surface area contributed by atoms with Gasteiger partial charge in [-0.1, -0.05) is 17.7 Å². The Bertz CT molecular complexity index is 303. The molecule has 0 saturated heterocycles. The van der Waals surface area contributed by atoms with E-state index in [-0.39, 0.29) is 0 Å². The number of nitrogens with one attached hydrogen (secondary N) is 1. The van der Waals surface area contributed by atoms with E-state index in [0.717, 1.165) is 12.5 Å². The van der Waals surface area contributed by atoms with E-state index in [2.05, 4.69) is 36.5 Å². The molecule has 0 bridgehead atoms. The molecule has 0 heterocycles. The monoisotopic (exact) mass is 205 g/mol. The molecule has 1 atom stereocenters. The van der Waals surface area contributed by atoms with E-state index < -0.39 is 0 Å². The van der Waals surface area contributed by atoms with E-state index in [1.807, 2.05) is 0 Å². The van der Waals surface area contributed by atoms with E-state index in [0.29, 0.717) is 6.04 Å². The second-order valence-corrected chi connectivity index (χ2v) is 4.41. The van der Waals surface area contributed by atoms with Crippen LogP contribution < -0.4 is 5.32 Å². The van der Waals surface area contributed by atoms with Gasteiger partial charge in [-0.25, -0.2) is 0 Å². The van der Waals surface area contributed by atoms with Gasteiger partial charge in [0.05, 0.1) is 12.6 Å². The maximum absolute atomic E-state index is 5.24. The summed E-state index contributed by atoms with van der Waals surface area (Å²) >= 11 is 0. The van der Waals surface area contributed by atoms with Gasteiger partial charge >= 0.3 is 0 Å². The molecule has 1 aliphatic rings. The minimum Gasteiger partial charge on any atom is -0.383 e. The summed E-state index contributed by atoms with van der Waals surface area (Å²) < 4.78 is 5.24. The van der Waals surface area contributed by atoms with Crippen molar-refractivity contribution in [2.75, 3.05) is 19.0 Å². The Hall–Kier alpha value is -1.02. The molecule has 2 nitrogen and oxygen atoms in total. The molecular formula is C13H19NO. The molecule has 2 heteroatoms. The maximum Gasteiger partial charge on any atom is 0.0666 e. The second-order valence-electron chi connectivity index (χ2n) is 4.41. The molecule has 1 saturated carbocycles. The molecule has 0 aliphatic heterocycles. The lowest BCUT2D eigenvalue weighted by Gasteiger charge is -2.18. The highest BCUT2D eigenvalue weighted by atomic mass is 16.5. The van der Waals surface area contributed by atoms with Gasteiger partial charge in [0, 0.05) is 12.8 Å². The third-order valence-electron chi connectivity index (χ3n) is 2.94. The zero-order valence-electron chi connectivity index (χ0n) is 9.49. The van der Waals surface area contributed by atoms with Gasteiger partial charge in [-0.2, -0.15) is 0 Å². The number of methoxy groups -OCH3 is 1. The van der Waals surface area contributed by atoms with Crippen LogP contribution in [0.4, 0.5) is 5.69 Å². The molecule has 1 aromatic carbocycles. The minimum atomic E-state index is 0.484. The van der Waals surface area contributed by atoms with Gasteiger partial charge in [0.2, 0.25) is 0 Å². The predicted octanol–water partition coefficient (Wildman–Crippen LogP) is 2.83. The summed E-state index contributed by atoms with van der Waals surface area (Å²) in [6.45, 7) is 2.91. The number of anilines is 1. The predicted molar refractivity (Wildman–Crippen MR) is 63.2 cm³/mol. The molecule has 1 fully saturated rings. The molecule has 2 rings (SSSR count). The van der Waals surface area contributed by atoms with Gasteiger partial charge < -0.3 is 10.1 Å². The van der Waals surface area contributed by atoms with Gasteiger partial charge in [-0.15, -0.1) is 0 Å². The van der Waals surface area contributed by atoms with Crippen LogP contribution in [0.25, 0.3) is 0 Å². The Balaban J connectivity index is 1.95. The number of rotatable bonds is 5. The number of hydrogen-bond donors (Lipinski definition) is 1.